The van der Waals surface area contributed by atoms with Crippen molar-refractivity contribution in [3.63, 3.8) is 0 Å². The molecule has 0 unspecified atom stereocenters. The van der Waals surface area contributed by atoms with Gasteiger partial charge in [0.25, 0.3) is 5.91 Å². The number of aryl methyl sites for hydroxylation is 1. The van der Waals surface area contributed by atoms with Crippen LogP contribution in [0.1, 0.15) is 41.0 Å². The average Bonchev–Trinajstić information content (AvgIpc) is 3.28. The fourth-order valence-corrected chi connectivity index (χ4v) is 5.17. The van der Waals surface area contributed by atoms with E-state index in [-0.39, 0.29) is 11.4 Å². The van der Waals surface area contributed by atoms with Crippen molar-refractivity contribution in [2.45, 2.75) is 37.6 Å². The van der Waals surface area contributed by atoms with E-state index in [9.17, 15) is 17.6 Å². The fourth-order valence-electron chi connectivity index (χ4n) is 4.24. The second kappa shape index (κ2) is 10.2. The first-order chi connectivity index (χ1) is 16.7. The van der Waals surface area contributed by atoms with Crippen molar-refractivity contribution in [3.05, 3.63) is 71.6 Å². The number of aromatic nitrogens is 2. The number of hydrogen-bond donors (Lipinski definition) is 1. The van der Waals surface area contributed by atoms with Gasteiger partial charge in [-0.25, -0.2) is 22.1 Å². The lowest BCUT2D eigenvalue weighted by atomic mass is 10.1. The molecule has 0 bridgehead atoms. The van der Waals surface area contributed by atoms with Crippen molar-refractivity contribution < 1.29 is 17.6 Å². The first kappa shape index (κ1) is 24.9. The molecule has 0 saturated carbocycles. The van der Waals surface area contributed by atoms with Crippen LogP contribution in [0.2, 0.25) is 0 Å². The zero-order valence-electron chi connectivity index (χ0n) is 20.2. The molecule has 0 radical (unpaired) electrons. The van der Waals surface area contributed by atoms with Crippen molar-refractivity contribution in [2.75, 3.05) is 32.1 Å². The minimum Gasteiger partial charge on any atom is -0.371 e. The Bertz CT molecular complexity index is 1330. The van der Waals surface area contributed by atoms with Gasteiger partial charge in [0.05, 0.1) is 16.1 Å². The van der Waals surface area contributed by atoms with Gasteiger partial charge in [0.1, 0.15) is 11.6 Å². The maximum absolute atomic E-state index is 14.8. The van der Waals surface area contributed by atoms with E-state index in [2.05, 4.69) is 15.2 Å². The average molecular weight is 500 g/mol. The number of benzene rings is 2. The minimum absolute atomic E-state index is 0.0551. The number of piperidine rings is 1. The van der Waals surface area contributed by atoms with Crippen LogP contribution >= 0.6 is 0 Å². The summed E-state index contributed by atoms with van der Waals surface area (Å²) in [5, 5.41) is 2.84. The summed E-state index contributed by atoms with van der Waals surface area (Å²) in [6.45, 7) is 3.50. The van der Waals surface area contributed by atoms with Gasteiger partial charge in [-0.15, -0.1) is 0 Å². The molecule has 8 nitrogen and oxygen atoms in total. The number of nitrogens with zero attached hydrogens (tertiary/aromatic N) is 4. The van der Waals surface area contributed by atoms with E-state index in [1.807, 2.05) is 0 Å². The van der Waals surface area contributed by atoms with Gasteiger partial charge in [-0.1, -0.05) is 6.07 Å². The number of hydrogen-bond acceptors (Lipinski definition) is 5. The van der Waals surface area contributed by atoms with Crippen molar-refractivity contribution >= 4 is 21.6 Å². The number of nitrogens with one attached hydrogen (secondary N) is 1. The minimum atomic E-state index is -3.71. The zero-order chi connectivity index (χ0) is 25.2. The van der Waals surface area contributed by atoms with Gasteiger partial charge < -0.3 is 14.8 Å². The quantitative estimate of drug-likeness (QED) is 0.538. The second-order valence-electron chi connectivity index (χ2n) is 8.83. The Kier molecular flexibility index (Phi) is 7.23. The third-order valence-corrected chi connectivity index (χ3v) is 8.05. The highest BCUT2D eigenvalue weighted by molar-refractivity contribution is 7.89. The van der Waals surface area contributed by atoms with Crippen LogP contribution in [-0.4, -0.2) is 55.4 Å². The number of carbonyl (C=O) groups is 1. The van der Waals surface area contributed by atoms with Crippen LogP contribution in [-0.2, 0) is 16.6 Å². The lowest BCUT2D eigenvalue weighted by Gasteiger charge is -2.30. The highest BCUT2D eigenvalue weighted by Crippen LogP contribution is 2.28. The van der Waals surface area contributed by atoms with E-state index in [0.717, 1.165) is 36.7 Å². The van der Waals surface area contributed by atoms with E-state index in [1.54, 1.807) is 48.1 Å². The predicted molar refractivity (Wildman–Crippen MR) is 133 cm³/mol. The Morgan fingerprint density at radius 2 is 1.80 bits per heavy atom. The zero-order valence-corrected chi connectivity index (χ0v) is 21.0. The Balaban J connectivity index is 1.59. The summed E-state index contributed by atoms with van der Waals surface area (Å²) >= 11 is 0. The number of rotatable bonds is 7. The summed E-state index contributed by atoms with van der Waals surface area (Å²) in [6.07, 6.45) is 6.45. The summed E-state index contributed by atoms with van der Waals surface area (Å²) in [4.78, 5) is 19.6. The van der Waals surface area contributed by atoms with Crippen LogP contribution in [0, 0.1) is 12.7 Å². The van der Waals surface area contributed by atoms with E-state index in [1.165, 1.54) is 26.2 Å². The molecule has 35 heavy (non-hydrogen) atoms. The molecule has 0 aliphatic carbocycles. The number of anilines is 1. The van der Waals surface area contributed by atoms with E-state index in [0.29, 0.717) is 28.3 Å². The molecular formula is C25H30FN5O3S. The van der Waals surface area contributed by atoms with Gasteiger partial charge in [-0.3, -0.25) is 4.79 Å². The van der Waals surface area contributed by atoms with E-state index < -0.39 is 21.7 Å². The largest absolute Gasteiger partial charge is 0.371 e. The maximum atomic E-state index is 14.8. The summed E-state index contributed by atoms with van der Waals surface area (Å²) in [6, 6.07) is 9.46. The summed E-state index contributed by atoms with van der Waals surface area (Å²) in [7, 11) is -0.794. The monoisotopic (exact) mass is 499 g/mol. The van der Waals surface area contributed by atoms with E-state index >= 15 is 0 Å². The van der Waals surface area contributed by atoms with Crippen LogP contribution in [0.4, 0.5) is 10.1 Å². The molecule has 1 aliphatic rings. The Labute approximate surface area is 205 Å². The van der Waals surface area contributed by atoms with Gasteiger partial charge in [-0.05, 0) is 62.1 Å². The smallest absolute Gasteiger partial charge is 0.253 e. The van der Waals surface area contributed by atoms with Crippen LogP contribution in [0.3, 0.4) is 0 Å². The number of imidazole rings is 1. The van der Waals surface area contributed by atoms with Crippen molar-refractivity contribution in [3.8, 4) is 5.69 Å². The van der Waals surface area contributed by atoms with Crippen LogP contribution in [0.5, 0.6) is 0 Å². The number of carbonyl (C=O) groups excluding carboxylic acids is 1. The fraction of sp³-hybridized carbons (Fsp3) is 0.360. The first-order valence-electron chi connectivity index (χ1n) is 11.6. The molecule has 2 heterocycles. The molecule has 0 atom stereocenters. The van der Waals surface area contributed by atoms with Crippen LogP contribution < -0.4 is 10.2 Å². The third-order valence-electron chi connectivity index (χ3n) is 6.24. The van der Waals surface area contributed by atoms with Crippen molar-refractivity contribution in [1.82, 2.24) is 19.2 Å². The van der Waals surface area contributed by atoms with Crippen LogP contribution in [0.15, 0.2) is 53.7 Å². The topological polar surface area (TPSA) is 87.5 Å². The molecule has 1 aliphatic heterocycles. The SMILES string of the molecule is Cc1nccn1-c1ccc(CNC(=O)c2cc(S(=O)(=O)N(C)C)ccc2N2CCCCC2)cc1F. The number of halogens is 1. The van der Waals surface area contributed by atoms with Gasteiger partial charge in [0.2, 0.25) is 10.0 Å². The Morgan fingerprint density at radius 3 is 2.43 bits per heavy atom. The first-order valence-corrected chi connectivity index (χ1v) is 13.0. The molecule has 2 aromatic carbocycles. The van der Waals surface area contributed by atoms with Crippen molar-refractivity contribution in [1.29, 1.82) is 0 Å². The highest BCUT2D eigenvalue weighted by Gasteiger charge is 2.24. The van der Waals surface area contributed by atoms with E-state index in [4.69, 9.17) is 0 Å². The number of amides is 1. The molecule has 1 amide bonds. The molecule has 186 valence electrons. The Hall–Kier alpha value is -3.24. The summed E-state index contributed by atoms with van der Waals surface area (Å²) in [5.74, 6) is -0.162. The standard InChI is InChI=1S/C25H30FN5O3S/c1-18-27-11-14-31(18)24-9-7-19(15-22(24)26)17-28-25(32)21-16-20(35(33,34)29(2)3)8-10-23(21)30-12-5-4-6-13-30/h7-11,14-16H,4-6,12-13,17H2,1-3H3,(H,28,32). The summed E-state index contributed by atoms with van der Waals surface area (Å²) in [5.41, 5.74) is 1.97. The molecule has 1 aromatic heterocycles. The van der Waals surface area contributed by atoms with Gasteiger partial charge in [0, 0.05) is 51.8 Å². The summed E-state index contributed by atoms with van der Waals surface area (Å²) < 4.78 is 42.9. The lowest BCUT2D eigenvalue weighted by Crippen LogP contribution is -2.33. The van der Waals surface area contributed by atoms with Gasteiger partial charge in [0.15, 0.2) is 0 Å². The normalized spacial score (nSPS) is 14.4. The Morgan fingerprint density at radius 1 is 1.09 bits per heavy atom. The molecule has 1 saturated heterocycles. The molecule has 1 fully saturated rings. The molecule has 0 spiro atoms. The molecule has 10 heteroatoms. The lowest BCUT2D eigenvalue weighted by molar-refractivity contribution is 0.0951. The highest BCUT2D eigenvalue weighted by atomic mass is 32.2. The number of sulfonamides is 1. The molecular weight excluding hydrogens is 469 g/mol. The molecule has 3 aromatic rings. The van der Waals surface area contributed by atoms with Crippen molar-refractivity contribution in [2.24, 2.45) is 0 Å². The molecule has 4 rings (SSSR count). The van der Waals surface area contributed by atoms with Crippen LogP contribution in [0.25, 0.3) is 5.69 Å². The maximum Gasteiger partial charge on any atom is 0.253 e. The van der Waals surface area contributed by atoms with Gasteiger partial charge >= 0.3 is 0 Å². The third kappa shape index (κ3) is 5.23. The van der Waals surface area contributed by atoms with Gasteiger partial charge in [-0.2, -0.15) is 0 Å². The predicted octanol–water partition coefficient (Wildman–Crippen LogP) is 3.49. The second-order valence-corrected chi connectivity index (χ2v) is 11.0. The molecule has 1 N–H and O–H groups in total.